The number of amides is 1. The second kappa shape index (κ2) is 9.92. The number of hydrogen-bond acceptors (Lipinski definition) is 4. The number of hydrogen-bond donors (Lipinski definition) is 2. The van der Waals surface area contributed by atoms with E-state index in [1.54, 1.807) is 17.5 Å². The minimum atomic E-state index is 0.148. The average molecular weight is 283 g/mol. The van der Waals surface area contributed by atoms with Crippen LogP contribution in [0.1, 0.15) is 44.0 Å². The second-order valence-electron chi connectivity index (χ2n) is 4.80. The molecule has 1 rings (SSSR count). The summed E-state index contributed by atoms with van der Waals surface area (Å²) in [6, 6.07) is 0. The number of carbonyl (C=O) groups is 1. The summed E-state index contributed by atoms with van der Waals surface area (Å²) < 4.78 is 0. The van der Waals surface area contributed by atoms with Crippen LogP contribution in [0, 0.1) is 5.92 Å². The Bertz CT molecular complexity index is 334. The largest absolute Gasteiger partial charge is 0.356 e. The molecule has 0 aromatic carbocycles. The van der Waals surface area contributed by atoms with E-state index in [0.717, 1.165) is 37.2 Å². The molecule has 0 aliphatic heterocycles. The Morgan fingerprint density at radius 2 is 2.32 bits per heavy atom. The zero-order chi connectivity index (χ0) is 13.9. The third-order valence-electron chi connectivity index (χ3n) is 3.20. The predicted octanol–water partition coefficient (Wildman–Crippen LogP) is 2.35. The summed E-state index contributed by atoms with van der Waals surface area (Å²) in [5.74, 6) is 0.745. The van der Waals surface area contributed by atoms with Gasteiger partial charge in [0.25, 0.3) is 0 Å². The van der Waals surface area contributed by atoms with Gasteiger partial charge in [-0.15, -0.1) is 11.3 Å². The van der Waals surface area contributed by atoms with Gasteiger partial charge in [-0.1, -0.05) is 19.8 Å². The third kappa shape index (κ3) is 7.28. The average Bonchev–Trinajstić information content (AvgIpc) is 2.90. The molecule has 0 aliphatic carbocycles. The van der Waals surface area contributed by atoms with E-state index < -0.39 is 0 Å². The molecule has 0 radical (unpaired) electrons. The van der Waals surface area contributed by atoms with Crippen molar-refractivity contribution in [3.8, 4) is 0 Å². The first-order valence-corrected chi connectivity index (χ1v) is 7.99. The van der Waals surface area contributed by atoms with Crippen LogP contribution in [0.4, 0.5) is 0 Å². The van der Waals surface area contributed by atoms with Crippen molar-refractivity contribution in [2.75, 3.05) is 13.1 Å². The molecule has 5 heteroatoms. The summed E-state index contributed by atoms with van der Waals surface area (Å²) in [4.78, 5) is 15.9. The number of aromatic nitrogens is 1. The van der Waals surface area contributed by atoms with Crippen molar-refractivity contribution in [3.63, 3.8) is 0 Å². The SMILES string of the molecule is CCCC(CCN)CCC(=O)NCCc1nccs1. The zero-order valence-corrected chi connectivity index (χ0v) is 12.5. The molecular weight excluding hydrogens is 258 g/mol. The van der Waals surface area contributed by atoms with Gasteiger partial charge in [0.05, 0.1) is 5.01 Å². The number of carbonyl (C=O) groups excluding carboxylic acids is 1. The Kier molecular flexibility index (Phi) is 8.41. The lowest BCUT2D eigenvalue weighted by molar-refractivity contribution is -0.121. The summed E-state index contributed by atoms with van der Waals surface area (Å²) in [6.07, 6.45) is 7.55. The van der Waals surface area contributed by atoms with Crippen molar-refractivity contribution in [1.29, 1.82) is 0 Å². The highest BCUT2D eigenvalue weighted by Gasteiger charge is 2.09. The fourth-order valence-corrected chi connectivity index (χ4v) is 2.81. The number of nitrogens with zero attached hydrogens (tertiary/aromatic N) is 1. The third-order valence-corrected chi connectivity index (χ3v) is 4.04. The van der Waals surface area contributed by atoms with E-state index in [2.05, 4.69) is 17.2 Å². The molecule has 1 aromatic rings. The predicted molar refractivity (Wildman–Crippen MR) is 80.1 cm³/mol. The molecule has 1 unspecified atom stereocenters. The van der Waals surface area contributed by atoms with Gasteiger partial charge in [-0.05, 0) is 25.3 Å². The summed E-state index contributed by atoms with van der Waals surface area (Å²) in [6.45, 7) is 3.58. The molecule has 0 spiro atoms. The lowest BCUT2D eigenvalue weighted by Gasteiger charge is -2.14. The molecule has 1 atom stereocenters. The van der Waals surface area contributed by atoms with Crippen molar-refractivity contribution in [1.82, 2.24) is 10.3 Å². The highest BCUT2D eigenvalue weighted by molar-refractivity contribution is 7.09. The Morgan fingerprint density at radius 1 is 1.47 bits per heavy atom. The van der Waals surface area contributed by atoms with Gasteiger partial charge in [0.15, 0.2) is 0 Å². The van der Waals surface area contributed by atoms with E-state index >= 15 is 0 Å². The lowest BCUT2D eigenvalue weighted by Crippen LogP contribution is -2.26. The zero-order valence-electron chi connectivity index (χ0n) is 11.7. The highest BCUT2D eigenvalue weighted by Crippen LogP contribution is 2.16. The molecule has 108 valence electrons. The molecule has 0 bridgehead atoms. The van der Waals surface area contributed by atoms with E-state index in [-0.39, 0.29) is 5.91 Å². The highest BCUT2D eigenvalue weighted by atomic mass is 32.1. The van der Waals surface area contributed by atoms with Gasteiger partial charge in [0.2, 0.25) is 5.91 Å². The van der Waals surface area contributed by atoms with Crippen molar-refractivity contribution in [2.45, 2.75) is 45.4 Å². The van der Waals surface area contributed by atoms with Crippen LogP contribution in [0.3, 0.4) is 0 Å². The molecule has 1 amide bonds. The van der Waals surface area contributed by atoms with Gasteiger partial charge in [0, 0.05) is 31.0 Å². The van der Waals surface area contributed by atoms with Crippen LogP contribution in [0.15, 0.2) is 11.6 Å². The molecule has 1 aromatic heterocycles. The molecule has 0 saturated heterocycles. The number of rotatable bonds is 10. The maximum atomic E-state index is 11.7. The summed E-state index contributed by atoms with van der Waals surface area (Å²) in [5.41, 5.74) is 5.59. The number of thiazole rings is 1. The number of nitrogens with two attached hydrogens (primary N) is 1. The second-order valence-corrected chi connectivity index (χ2v) is 5.78. The fraction of sp³-hybridized carbons (Fsp3) is 0.714. The number of nitrogens with one attached hydrogen (secondary N) is 1. The Hall–Kier alpha value is -0.940. The maximum absolute atomic E-state index is 11.7. The quantitative estimate of drug-likeness (QED) is 0.692. The smallest absolute Gasteiger partial charge is 0.220 e. The van der Waals surface area contributed by atoms with Crippen LogP contribution in [0.5, 0.6) is 0 Å². The fourth-order valence-electron chi connectivity index (χ4n) is 2.19. The Balaban J connectivity index is 2.12. The normalized spacial score (nSPS) is 12.3. The molecule has 0 aliphatic rings. The monoisotopic (exact) mass is 283 g/mol. The maximum Gasteiger partial charge on any atom is 0.220 e. The summed E-state index contributed by atoms with van der Waals surface area (Å²) in [5, 5.41) is 5.99. The topological polar surface area (TPSA) is 68.0 Å². The van der Waals surface area contributed by atoms with Crippen LogP contribution < -0.4 is 11.1 Å². The van der Waals surface area contributed by atoms with Crippen LogP contribution in [0.25, 0.3) is 0 Å². The Morgan fingerprint density at radius 3 is 2.95 bits per heavy atom. The van der Waals surface area contributed by atoms with E-state index in [9.17, 15) is 4.79 Å². The first-order chi connectivity index (χ1) is 9.26. The van der Waals surface area contributed by atoms with Gasteiger partial charge in [-0.2, -0.15) is 0 Å². The molecule has 3 N–H and O–H groups in total. The van der Waals surface area contributed by atoms with E-state index in [4.69, 9.17) is 5.73 Å². The lowest BCUT2D eigenvalue weighted by atomic mass is 9.94. The molecule has 4 nitrogen and oxygen atoms in total. The summed E-state index contributed by atoms with van der Waals surface area (Å²) in [7, 11) is 0. The molecule has 1 heterocycles. The van der Waals surface area contributed by atoms with Gasteiger partial charge < -0.3 is 11.1 Å². The minimum absolute atomic E-state index is 0.148. The first kappa shape index (κ1) is 16.1. The van der Waals surface area contributed by atoms with Gasteiger partial charge >= 0.3 is 0 Å². The van der Waals surface area contributed by atoms with E-state index in [1.807, 2.05) is 5.38 Å². The van der Waals surface area contributed by atoms with Crippen molar-refractivity contribution >= 4 is 17.2 Å². The van der Waals surface area contributed by atoms with Gasteiger partial charge in [-0.25, -0.2) is 4.98 Å². The summed E-state index contributed by atoms with van der Waals surface area (Å²) >= 11 is 1.63. The van der Waals surface area contributed by atoms with Crippen molar-refractivity contribution in [3.05, 3.63) is 16.6 Å². The molecule has 19 heavy (non-hydrogen) atoms. The van der Waals surface area contributed by atoms with E-state index in [1.165, 1.54) is 6.42 Å². The molecule has 0 saturated carbocycles. The van der Waals surface area contributed by atoms with Crippen LogP contribution in [-0.2, 0) is 11.2 Å². The van der Waals surface area contributed by atoms with Crippen LogP contribution in [-0.4, -0.2) is 24.0 Å². The molecular formula is C14H25N3OS. The Labute approximate surface area is 119 Å². The van der Waals surface area contributed by atoms with Gasteiger partial charge in [-0.3, -0.25) is 4.79 Å². The standard InChI is InChI=1S/C14H25N3OS/c1-2-3-12(6-8-15)4-5-13(18)16-9-7-14-17-10-11-19-14/h10-12H,2-9,15H2,1H3,(H,16,18). The van der Waals surface area contributed by atoms with Crippen LogP contribution >= 0.6 is 11.3 Å². The van der Waals surface area contributed by atoms with Crippen molar-refractivity contribution in [2.24, 2.45) is 11.7 Å². The molecule has 0 fully saturated rings. The van der Waals surface area contributed by atoms with E-state index in [0.29, 0.717) is 18.9 Å². The van der Waals surface area contributed by atoms with Crippen LogP contribution in [0.2, 0.25) is 0 Å². The van der Waals surface area contributed by atoms with Gasteiger partial charge in [0.1, 0.15) is 0 Å². The first-order valence-electron chi connectivity index (χ1n) is 7.11. The van der Waals surface area contributed by atoms with Crippen molar-refractivity contribution < 1.29 is 4.79 Å². The minimum Gasteiger partial charge on any atom is -0.356 e.